The van der Waals surface area contributed by atoms with E-state index in [1.165, 1.54) is 0 Å². The number of hydrogen-bond acceptors (Lipinski definition) is 7. The number of likely N-dealkylation sites (tertiary alicyclic amines) is 1. The number of rotatable bonds is 6. The molecular formula is C31H29N7O2. The van der Waals surface area contributed by atoms with E-state index in [-0.39, 0.29) is 18.6 Å². The van der Waals surface area contributed by atoms with Crippen LogP contribution in [0.1, 0.15) is 54.7 Å². The number of amides is 1. The van der Waals surface area contributed by atoms with Crippen LogP contribution in [-0.4, -0.2) is 54.0 Å². The summed E-state index contributed by atoms with van der Waals surface area (Å²) in [5, 5.41) is 0. The molecule has 1 saturated heterocycles. The van der Waals surface area contributed by atoms with Crippen LogP contribution in [0.4, 0.5) is 4.79 Å². The van der Waals surface area contributed by atoms with E-state index in [4.69, 9.17) is 14.7 Å². The highest BCUT2D eigenvalue weighted by molar-refractivity contribution is 5.84. The zero-order valence-electron chi connectivity index (χ0n) is 22.0. The van der Waals surface area contributed by atoms with Crippen molar-refractivity contribution in [3.05, 3.63) is 90.4 Å². The quantitative estimate of drug-likeness (QED) is 0.292. The minimum atomic E-state index is -0.269. The van der Waals surface area contributed by atoms with E-state index in [0.29, 0.717) is 19.0 Å². The number of piperidine rings is 1. The first-order chi connectivity index (χ1) is 19.7. The highest BCUT2D eigenvalue weighted by Gasteiger charge is 2.30. The zero-order valence-corrected chi connectivity index (χ0v) is 22.0. The second-order valence-corrected chi connectivity index (χ2v) is 10.5. The van der Waals surface area contributed by atoms with Crippen molar-refractivity contribution in [2.24, 2.45) is 0 Å². The number of aromatic nitrogens is 6. The monoisotopic (exact) mass is 531 g/mol. The average Bonchev–Trinajstić information content (AvgIpc) is 3.78. The van der Waals surface area contributed by atoms with Crippen LogP contribution in [0.3, 0.4) is 0 Å². The Morgan fingerprint density at radius 1 is 0.850 bits per heavy atom. The number of nitrogens with zero attached hydrogens (tertiary/aromatic N) is 6. The molecular weight excluding hydrogens is 502 g/mol. The molecule has 2 aliphatic rings. The van der Waals surface area contributed by atoms with Crippen molar-refractivity contribution in [3.8, 4) is 22.6 Å². The number of fused-ring (bicyclic) bond motifs is 1. The second-order valence-electron chi connectivity index (χ2n) is 10.5. The van der Waals surface area contributed by atoms with Gasteiger partial charge in [-0.25, -0.2) is 19.7 Å². The van der Waals surface area contributed by atoms with Gasteiger partial charge in [0.15, 0.2) is 0 Å². The third-order valence-electron chi connectivity index (χ3n) is 7.68. The number of H-pyrrole nitrogens is 1. The van der Waals surface area contributed by atoms with E-state index >= 15 is 0 Å². The van der Waals surface area contributed by atoms with E-state index < -0.39 is 0 Å². The van der Waals surface area contributed by atoms with Crippen molar-refractivity contribution in [2.75, 3.05) is 13.1 Å². The maximum absolute atomic E-state index is 12.7. The van der Waals surface area contributed by atoms with Gasteiger partial charge in [0.1, 0.15) is 18.3 Å². The fourth-order valence-electron chi connectivity index (χ4n) is 5.29. The first-order valence-corrected chi connectivity index (χ1v) is 13.8. The van der Waals surface area contributed by atoms with Crippen LogP contribution in [0, 0.1) is 0 Å². The molecule has 7 rings (SSSR count). The molecule has 1 amide bonds. The topological polar surface area (TPSA) is 110 Å². The molecule has 0 atom stereocenters. The maximum atomic E-state index is 12.7. The van der Waals surface area contributed by atoms with Crippen LogP contribution < -0.4 is 0 Å². The normalized spacial score (nSPS) is 15.8. The predicted molar refractivity (Wildman–Crippen MR) is 150 cm³/mol. The Bertz CT molecular complexity index is 1660. The zero-order chi connectivity index (χ0) is 26.9. The number of imidazole rings is 1. The summed E-state index contributed by atoms with van der Waals surface area (Å²) >= 11 is 0. The average molecular weight is 532 g/mol. The molecule has 0 unspecified atom stereocenters. The highest BCUT2D eigenvalue weighted by atomic mass is 16.6. The lowest BCUT2D eigenvalue weighted by Gasteiger charge is -2.30. The maximum Gasteiger partial charge on any atom is 0.410 e. The van der Waals surface area contributed by atoms with E-state index in [2.05, 4.69) is 19.9 Å². The highest BCUT2D eigenvalue weighted by Crippen LogP contribution is 2.39. The van der Waals surface area contributed by atoms with Crippen LogP contribution in [0.15, 0.2) is 73.2 Å². The van der Waals surface area contributed by atoms with Crippen LogP contribution in [0.2, 0.25) is 0 Å². The summed E-state index contributed by atoms with van der Waals surface area (Å²) in [5.74, 6) is 2.45. The third kappa shape index (κ3) is 5.02. The lowest BCUT2D eigenvalue weighted by atomic mass is 9.96. The van der Waals surface area contributed by atoms with Crippen molar-refractivity contribution in [1.82, 2.24) is 34.8 Å². The van der Waals surface area contributed by atoms with Crippen molar-refractivity contribution in [2.45, 2.75) is 44.1 Å². The van der Waals surface area contributed by atoms with Crippen molar-refractivity contribution >= 4 is 17.1 Å². The first-order valence-electron chi connectivity index (χ1n) is 13.8. The van der Waals surface area contributed by atoms with Gasteiger partial charge in [0.05, 0.1) is 28.1 Å². The molecule has 9 nitrogen and oxygen atoms in total. The summed E-state index contributed by atoms with van der Waals surface area (Å²) < 4.78 is 5.56. The number of benzene rings is 2. The Balaban J connectivity index is 1.14. The van der Waals surface area contributed by atoms with Crippen LogP contribution >= 0.6 is 0 Å². The van der Waals surface area contributed by atoms with Gasteiger partial charge in [0.2, 0.25) is 0 Å². The van der Waals surface area contributed by atoms with Gasteiger partial charge in [-0.1, -0.05) is 36.4 Å². The van der Waals surface area contributed by atoms with Gasteiger partial charge < -0.3 is 14.6 Å². The number of hydrogen-bond donors (Lipinski definition) is 1. The Morgan fingerprint density at radius 2 is 1.65 bits per heavy atom. The number of ether oxygens (including phenoxy) is 1. The molecule has 3 aromatic heterocycles. The van der Waals surface area contributed by atoms with Crippen molar-refractivity contribution in [3.63, 3.8) is 0 Å². The van der Waals surface area contributed by atoms with Crippen LogP contribution in [-0.2, 0) is 11.3 Å². The second kappa shape index (κ2) is 10.5. The fraction of sp³-hybridized carbons (Fsp3) is 0.290. The smallest absolute Gasteiger partial charge is 0.410 e. The fourth-order valence-corrected chi connectivity index (χ4v) is 5.29. The van der Waals surface area contributed by atoms with Crippen molar-refractivity contribution < 1.29 is 9.53 Å². The Hall–Kier alpha value is -4.66. The Labute approximate surface area is 231 Å². The molecule has 40 heavy (non-hydrogen) atoms. The van der Waals surface area contributed by atoms with Gasteiger partial charge >= 0.3 is 6.09 Å². The van der Waals surface area contributed by atoms with Gasteiger partial charge in [-0.15, -0.1) is 0 Å². The molecule has 5 aromatic rings. The number of carbonyl (C=O) groups excluding carboxylic acids is 1. The van der Waals surface area contributed by atoms with Crippen LogP contribution in [0.25, 0.3) is 33.7 Å². The number of aromatic amines is 1. The summed E-state index contributed by atoms with van der Waals surface area (Å²) in [6, 6.07) is 17.7. The minimum absolute atomic E-state index is 0.190. The molecule has 4 heterocycles. The lowest BCUT2D eigenvalue weighted by molar-refractivity contribution is 0.0866. The molecule has 0 radical (unpaired) electrons. The molecule has 2 aromatic carbocycles. The number of nitrogens with one attached hydrogen (secondary N) is 1. The summed E-state index contributed by atoms with van der Waals surface area (Å²) in [6.07, 6.45) is 8.85. The van der Waals surface area contributed by atoms with E-state index in [1.54, 1.807) is 17.3 Å². The summed E-state index contributed by atoms with van der Waals surface area (Å²) in [4.78, 5) is 41.6. The van der Waals surface area contributed by atoms with E-state index in [1.807, 2.05) is 60.8 Å². The largest absolute Gasteiger partial charge is 0.445 e. The summed E-state index contributed by atoms with van der Waals surface area (Å²) in [5.41, 5.74) is 6.16. The molecule has 2 fully saturated rings. The Morgan fingerprint density at radius 3 is 2.45 bits per heavy atom. The molecule has 1 aliphatic heterocycles. The molecule has 1 saturated carbocycles. The van der Waals surface area contributed by atoms with Crippen molar-refractivity contribution in [1.29, 1.82) is 0 Å². The predicted octanol–water partition coefficient (Wildman–Crippen LogP) is 5.87. The summed E-state index contributed by atoms with van der Waals surface area (Å²) in [6.45, 7) is 1.52. The molecule has 0 spiro atoms. The van der Waals surface area contributed by atoms with Gasteiger partial charge in [0.25, 0.3) is 0 Å². The Kier molecular flexibility index (Phi) is 6.39. The summed E-state index contributed by atoms with van der Waals surface area (Å²) in [7, 11) is 0. The molecule has 9 heteroatoms. The van der Waals surface area contributed by atoms with E-state index in [9.17, 15) is 4.79 Å². The molecule has 0 bridgehead atoms. The van der Waals surface area contributed by atoms with Gasteiger partial charge in [-0.2, -0.15) is 0 Å². The molecule has 1 aliphatic carbocycles. The minimum Gasteiger partial charge on any atom is -0.445 e. The first kappa shape index (κ1) is 24.4. The lowest BCUT2D eigenvalue weighted by Crippen LogP contribution is -2.38. The standard InChI is InChI=1S/C31H29N7O2/c39-31(40-19-20-4-2-1-3-5-20)38-16-11-22(12-17-38)30-36-27(23-8-9-24-26(18-23)33-15-14-32-24)28(37-30)25-10-13-34-29(35-25)21-6-7-21/h1-5,8-10,13-15,18,21-22H,6-7,11-12,16-17,19H2,(H,36,37). The van der Waals surface area contributed by atoms with E-state index in [0.717, 1.165) is 76.6 Å². The van der Waals surface area contributed by atoms with Gasteiger partial charge in [-0.05, 0) is 49.4 Å². The van der Waals surface area contributed by atoms with Crippen LogP contribution in [0.5, 0.6) is 0 Å². The number of carbonyl (C=O) groups is 1. The third-order valence-corrected chi connectivity index (χ3v) is 7.68. The SMILES string of the molecule is O=C(OCc1ccccc1)N1CCC(c2nc(-c3ccc4nccnc4c3)c(-c3ccnc(C4CC4)n3)[nH]2)CC1. The van der Waals surface area contributed by atoms with Gasteiger partial charge in [0, 0.05) is 49.1 Å². The molecule has 1 N–H and O–H groups in total. The van der Waals surface area contributed by atoms with Gasteiger partial charge in [-0.3, -0.25) is 9.97 Å². The molecule has 200 valence electrons.